The number of nitrogens with two attached hydrogens (primary N) is 1. The fraction of sp³-hybridized carbons (Fsp3) is 0.438. The first-order valence-corrected chi connectivity index (χ1v) is 8.05. The Hall–Kier alpha value is -2.65. The van der Waals surface area contributed by atoms with E-state index in [1.807, 2.05) is 13.8 Å². The van der Waals surface area contributed by atoms with Gasteiger partial charge in [0.1, 0.15) is 11.6 Å². The number of hydrogen-bond donors (Lipinski definition) is 5. The summed E-state index contributed by atoms with van der Waals surface area (Å²) in [5.74, 6) is 2.22. The van der Waals surface area contributed by atoms with Crippen molar-refractivity contribution >= 4 is 17.6 Å². The lowest BCUT2D eigenvalue weighted by Crippen LogP contribution is -2.10. The summed E-state index contributed by atoms with van der Waals surface area (Å²) in [6.45, 7) is 4.77. The second kappa shape index (κ2) is 9.00. The van der Waals surface area contributed by atoms with Crippen LogP contribution in [0.15, 0.2) is 18.5 Å². The molecule has 0 fully saturated rings. The summed E-state index contributed by atoms with van der Waals surface area (Å²) in [6.07, 6.45) is 3.21. The molecule has 0 unspecified atom stereocenters. The standard InChI is InChI=1S/C16H24N6O3/c1-10(2)11-8-20-14(18-3-5-23)7-12(11)25-13-9-21-16(19-4-6-24)22-15(13)17/h7-10,23-24H,3-6H2,1-2H3,(H,18,20)(H3,17,19,21,22). The molecule has 0 bridgehead atoms. The molecule has 136 valence electrons. The molecule has 2 rings (SSSR count). The van der Waals surface area contributed by atoms with Gasteiger partial charge in [0.05, 0.1) is 19.4 Å². The molecule has 0 saturated heterocycles. The summed E-state index contributed by atoms with van der Waals surface area (Å²) >= 11 is 0. The molecule has 2 heterocycles. The molecule has 0 aliphatic carbocycles. The third kappa shape index (κ3) is 5.16. The Morgan fingerprint density at radius 2 is 1.80 bits per heavy atom. The molecule has 0 saturated carbocycles. The fourth-order valence-electron chi connectivity index (χ4n) is 2.08. The molecular weight excluding hydrogens is 324 g/mol. The first-order valence-electron chi connectivity index (χ1n) is 8.05. The maximum absolute atomic E-state index is 8.92. The van der Waals surface area contributed by atoms with Gasteiger partial charge in [0.25, 0.3) is 0 Å². The lowest BCUT2D eigenvalue weighted by atomic mass is 10.0. The number of nitrogens with zero attached hydrogens (tertiary/aromatic N) is 3. The number of aliphatic hydroxyl groups excluding tert-OH is 2. The van der Waals surface area contributed by atoms with Gasteiger partial charge in [-0.3, -0.25) is 0 Å². The molecule has 0 radical (unpaired) electrons. The maximum Gasteiger partial charge on any atom is 0.224 e. The molecule has 2 aromatic rings. The molecule has 9 nitrogen and oxygen atoms in total. The smallest absolute Gasteiger partial charge is 0.224 e. The number of nitrogen functional groups attached to an aromatic ring is 1. The number of ether oxygens (including phenoxy) is 1. The van der Waals surface area contributed by atoms with Crippen molar-refractivity contribution in [1.82, 2.24) is 15.0 Å². The van der Waals surface area contributed by atoms with Crippen molar-refractivity contribution in [3.05, 3.63) is 24.0 Å². The van der Waals surface area contributed by atoms with Crippen molar-refractivity contribution < 1.29 is 14.9 Å². The summed E-state index contributed by atoms with van der Waals surface area (Å²) in [4.78, 5) is 12.5. The summed E-state index contributed by atoms with van der Waals surface area (Å²) in [5.41, 5.74) is 6.86. The number of anilines is 3. The Morgan fingerprint density at radius 3 is 2.44 bits per heavy atom. The average Bonchev–Trinajstić information content (AvgIpc) is 2.60. The number of hydrogen-bond acceptors (Lipinski definition) is 9. The number of pyridine rings is 1. The monoisotopic (exact) mass is 348 g/mol. The van der Waals surface area contributed by atoms with Crippen molar-refractivity contribution in [2.75, 3.05) is 42.7 Å². The molecule has 2 aromatic heterocycles. The highest BCUT2D eigenvalue weighted by Crippen LogP contribution is 2.33. The lowest BCUT2D eigenvalue weighted by molar-refractivity contribution is 0.310. The van der Waals surface area contributed by atoms with E-state index in [2.05, 4.69) is 25.6 Å². The first-order chi connectivity index (χ1) is 12.0. The van der Waals surface area contributed by atoms with Crippen LogP contribution in [-0.4, -0.2) is 51.5 Å². The highest BCUT2D eigenvalue weighted by molar-refractivity contribution is 5.53. The molecule has 0 spiro atoms. The second-order valence-corrected chi connectivity index (χ2v) is 5.61. The van der Waals surface area contributed by atoms with Gasteiger partial charge in [-0.25, -0.2) is 9.97 Å². The predicted molar refractivity (Wildman–Crippen MR) is 96.0 cm³/mol. The van der Waals surface area contributed by atoms with E-state index in [-0.39, 0.29) is 24.9 Å². The summed E-state index contributed by atoms with van der Waals surface area (Å²) in [6, 6.07) is 1.75. The van der Waals surface area contributed by atoms with Crippen LogP contribution < -0.4 is 21.1 Å². The van der Waals surface area contributed by atoms with E-state index in [1.165, 1.54) is 6.20 Å². The van der Waals surface area contributed by atoms with E-state index < -0.39 is 0 Å². The SMILES string of the molecule is CC(C)c1cnc(NCCO)cc1Oc1cnc(NCCO)nc1N. The minimum Gasteiger partial charge on any atom is -0.451 e. The fourth-order valence-corrected chi connectivity index (χ4v) is 2.08. The molecular formula is C16H24N6O3. The summed E-state index contributed by atoms with van der Waals surface area (Å²) in [5, 5.41) is 23.6. The third-order valence-electron chi connectivity index (χ3n) is 3.33. The Morgan fingerprint density at radius 1 is 1.08 bits per heavy atom. The van der Waals surface area contributed by atoms with Gasteiger partial charge in [-0.15, -0.1) is 0 Å². The lowest BCUT2D eigenvalue weighted by Gasteiger charge is -2.16. The summed E-state index contributed by atoms with van der Waals surface area (Å²) in [7, 11) is 0. The number of rotatable bonds is 9. The van der Waals surface area contributed by atoms with Crippen LogP contribution in [0.4, 0.5) is 17.6 Å². The second-order valence-electron chi connectivity index (χ2n) is 5.61. The van der Waals surface area contributed by atoms with E-state index in [0.29, 0.717) is 36.4 Å². The van der Waals surface area contributed by atoms with Crippen LogP contribution in [-0.2, 0) is 0 Å². The van der Waals surface area contributed by atoms with E-state index in [4.69, 9.17) is 20.7 Å². The molecule has 0 aliphatic heterocycles. The van der Waals surface area contributed by atoms with Crippen LogP contribution >= 0.6 is 0 Å². The van der Waals surface area contributed by atoms with Gasteiger partial charge in [0.2, 0.25) is 5.95 Å². The Kier molecular flexibility index (Phi) is 6.72. The van der Waals surface area contributed by atoms with Crippen molar-refractivity contribution in [1.29, 1.82) is 0 Å². The van der Waals surface area contributed by atoms with Crippen molar-refractivity contribution in [2.45, 2.75) is 19.8 Å². The maximum atomic E-state index is 8.92. The van der Waals surface area contributed by atoms with E-state index in [9.17, 15) is 0 Å². The van der Waals surface area contributed by atoms with Gasteiger partial charge in [0, 0.05) is 30.9 Å². The van der Waals surface area contributed by atoms with Gasteiger partial charge in [-0.1, -0.05) is 13.8 Å². The predicted octanol–water partition coefficient (Wildman–Crippen LogP) is 1.18. The zero-order valence-electron chi connectivity index (χ0n) is 14.4. The molecule has 6 N–H and O–H groups in total. The zero-order chi connectivity index (χ0) is 18.2. The van der Waals surface area contributed by atoms with Gasteiger partial charge >= 0.3 is 0 Å². The Balaban J connectivity index is 2.25. The number of aromatic nitrogens is 3. The van der Waals surface area contributed by atoms with Crippen molar-refractivity contribution in [3.63, 3.8) is 0 Å². The molecule has 0 aromatic carbocycles. The molecule has 25 heavy (non-hydrogen) atoms. The normalized spacial score (nSPS) is 10.8. The topological polar surface area (TPSA) is 138 Å². The van der Waals surface area contributed by atoms with Crippen LogP contribution in [0.2, 0.25) is 0 Å². The molecule has 0 aliphatic rings. The highest BCUT2D eigenvalue weighted by Gasteiger charge is 2.14. The largest absolute Gasteiger partial charge is 0.451 e. The number of aliphatic hydroxyl groups is 2. The molecule has 0 atom stereocenters. The Labute approximate surface area is 146 Å². The van der Waals surface area contributed by atoms with Crippen LogP contribution in [0.1, 0.15) is 25.3 Å². The van der Waals surface area contributed by atoms with Gasteiger partial charge < -0.3 is 31.3 Å². The van der Waals surface area contributed by atoms with E-state index in [1.54, 1.807) is 12.3 Å². The highest BCUT2D eigenvalue weighted by atomic mass is 16.5. The van der Waals surface area contributed by atoms with Crippen LogP contribution in [0.3, 0.4) is 0 Å². The van der Waals surface area contributed by atoms with Crippen LogP contribution in [0.25, 0.3) is 0 Å². The Bertz CT molecular complexity index is 696. The minimum atomic E-state index is -0.0279. The quantitative estimate of drug-likeness (QED) is 0.452. The zero-order valence-corrected chi connectivity index (χ0v) is 14.4. The van der Waals surface area contributed by atoms with Crippen LogP contribution in [0, 0.1) is 0 Å². The summed E-state index contributed by atoms with van der Waals surface area (Å²) < 4.78 is 5.91. The van der Waals surface area contributed by atoms with E-state index >= 15 is 0 Å². The average molecular weight is 348 g/mol. The van der Waals surface area contributed by atoms with Gasteiger partial charge in [-0.05, 0) is 5.92 Å². The third-order valence-corrected chi connectivity index (χ3v) is 3.33. The van der Waals surface area contributed by atoms with Crippen LogP contribution in [0.5, 0.6) is 11.5 Å². The minimum absolute atomic E-state index is 0.00684. The van der Waals surface area contributed by atoms with Crippen molar-refractivity contribution in [3.8, 4) is 11.5 Å². The molecule has 9 heteroatoms. The van der Waals surface area contributed by atoms with Crippen molar-refractivity contribution in [2.24, 2.45) is 0 Å². The first kappa shape index (κ1) is 18.7. The molecule has 0 amide bonds. The number of nitrogens with one attached hydrogen (secondary N) is 2. The van der Waals surface area contributed by atoms with Gasteiger partial charge in [-0.2, -0.15) is 4.98 Å². The van der Waals surface area contributed by atoms with Gasteiger partial charge in [0.15, 0.2) is 11.6 Å². The van der Waals surface area contributed by atoms with E-state index in [0.717, 1.165) is 5.56 Å².